The molecular formula is C19H15Cl2F3N4O3. The summed E-state index contributed by atoms with van der Waals surface area (Å²) in [6, 6.07) is 6.18. The van der Waals surface area contributed by atoms with E-state index >= 15 is 0 Å². The third-order valence-corrected chi connectivity index (χ3v) is 5.34. The molecule has 0 saturated heterocycles. The number of nitrogens with zero attached hydrogens (tertiary/aromatic N) is 3. The maximum Gasteiger partial charge on any atom is 0.410 e. The van der Waals surface area contributed by atoms with Gasteiger partial charge in [-0.25, -0.2) is 5.01 Å². The highest BCUT2D eigenvalue weighted by atomic mass is 35.5. The Morgan fingerprint density at radius 3 is 2.39 bits per heavy atom. The Balaban J connectivity index is 2.34. The van der Waals surface area contributed by atoms with Gasteiger partial charge in [0.05, 0.1) is 26.2 Å². The number of carbonyl (C=O) groups excluding carboxylic acids is 1. The minimum absolute atomic E-state index is 0.0669. The van der Waals surface area contributed by atoms with Gasteiger partial charge in [-0.05, 0) is 12.1 Å². The summed E-state index contributed by atoms with van der Waals surface area (Å²) in [7, 11) is 2.52. The number of carbonyl (C=O) groups is 1. The third-order valence-electron chi connectivity index (χ3n) is 4.73. The SMILES string of the molecule is CNC(=O)c1ccccc1-c1c([N+](=O)[O-])ccc(Cl)c1N1C=C(Cl)C(C(F)(F)F)N1C. The number of hydrogen-bond acceptors (Lipinski definition) is 5. The average molecular weight is 475 g/mol. The third kappa shape index (κ3) is 4.06. The summed E-state index contributed by atoms with van der Waals surface area (Å²) >= 11 is 12.2. The molecule has 1 amide bonds. The van der Waals surface area contributed by atoms with E-state index in [9.17, 15) is 28.1 Å². The first-order valence-electron chi connectivity index (χ1n) is 8.73. The van der Waals surface area contributed by atoms with E-state index in [1.54, 1.807) is 12.1 Å². The smallest absolute Gasteiger partial charge is 0.355 e. The number of amides is 1. The first kappa shape index (κ1) is 22.9. The van der Waals surface area contributed by atoms with Gasteiger partial charge < -0.3 is 5.32 Å². The van der Waals surface area contributed by atoms with Crippen molar-refractivity contribution in [1.82, 2.24) is 10.3 Å². The molecule has 2 aromatic carbocycles. The van der Waals surface area contributed by atoms with Crippen LogP contribution in [0.5, 0.6) is 0 Å². The van der Waals surface area contributed by atoms with Crippen molar-refractivity contribution in [2.24, 2.45) is 0 Å². The van der Waals surface area contributed by atoms with E-state index in [-0.39, 0.29) is 27.4 Å². The van der Waals surface area contributed by atoms with E-state index in [1.807, 2.05) is 0 Å². The second kappa shape index (κ2) is 8.37. The Bertz CT molecular complexity index is 1090. The zero-order valence-electron chi connectivity index (χ0n) is 16.1. The van der Waals surface area contributed by atoms with E-state index in [0.717, 1.165) is 29.3 Å². The lowest BCUT2D eigenvalue weighted by Gasteiger charge is -2.32. The molecule has 1 aliphatic heterocycles. The monoisotopic (exact) mass is 474 g/mol. The number of hydrogen-bond donors (Lipinski definition) is 1. The molecule has 31 heavy (non-hydrogen) atoms. The molecule has 1 atom stereocenters. The summed E-state index contributed by atoms with van der Waals surface area (Å²) in [5.74, 6) is -0.535. The van der Waals surface area contributed by atoms with Crippen molar-refractivity contribution in [3.8, 4) is 11.1 Å². The number of nitro benzene ring substituents is 1. The van der Waals surface area contributed by atoms with Crippen molar-refractivity contribution in [1.29, 1.82) is 0 Å². The summed E-state index contributed by atoms with van der Waals surface area (Å²) in [6.45, 7) is 0. The summed E-state index contributed by atoms with van der Waals surface area (Å²) in [4.78, 5) is 23.5. The van der Waals surface area contributed by atoms with E-state index < -0.39 is 33.8 Å². The number of hydrazine groups is 1. The lowest BCUT2D eigenvalue weighted by Crippen LogP contribution is -2.46. The van der Waals surface area contributed by atoms with Gasteiger partial charge in [-0.2, -0.15) is 13.2 Å². The summed E-state index contributed by atoms with van der Waals surface area (Å²) in [5, 5.41) is 15.4. The summed E-state index contributed by atoms with van der Waals surface area (Å²) in [5.41, 5.74) is -0.462. The van der Waals surface area contributed by atoms with Gasteiger partial charge in [0.1, 0.15) is 0 Å². The first-order chi connectivity index (χ1) is 14.5. The van der Waals surface area contributed by atoms with Crippen LogP contribution in [-0.4, -0.2) is 42.2 Å². The largest absolute Gasteiger partial charge is 0.410 e. The fourth-order valence-electron chi connectivity index (χ4n) is 3.40. The molecule has 0 bridgehead atoms. The Kier molecular flexibility index (Phi) is 6.17. The number of likely N-dealkylation sites (N-methyl/N-ethyl adjacent to an activating group) is 1. The highest BCUT2D eigenvalue weighted by Crippen LogP contribution is 2.48. The number of rotatable bonds is 4. The predicted octanol–water partition coefficient (Wildman–Crippen LogP) is 4.95. The van der Waals surface area contributed by atoms with Gasteiger partial charge >= 0.3 is 6.18 Å². The Morgan fingerprint density at radius 2 is 1.84 bits per heavy atom. The van der Waals surface area contributed by atoms with Crippen LogP contribution in [0.2, 0.25) is 5.02 Å². The number of nitro groups is 1. The van der Waals surface area contributed by atoms with Crippen LogP contribution in [0.3, 0.4) is 0 Å². The lowest BCUT2D eigenvalue weighted by molar-refractivity contribution is -0.384. The molecule has 3 rings (SSSR count). The molecule has 0 spiro atoms. The molecule has 1 unspecified atom stereocenters. The molecule has 12 heteroatoms. The maximum atomic E-state index is 13.5. The average Bonchev–Trinajstić information content (AvgIpc) is 3.00. The van der Waals surface area contributed by atoms with Gasteiger partial charge in [0.25, 0.3) is 11.6 Å². The van der Waals surface area contributed by atoms with Gasteiger partial charge in [-0.15, -0.1) is 0 Å². The molecule has 0 aromatic heterocycles. The Hall–Kier alpha value is -2.82. The Morgan fingerprint density at radius 1 is 1.19 bits per heavy atom. The van der Waals surface area contributed by atoms with Gasteiger partial charge in [0.15, 0.2) is 6.04 Å². The van der Waals surface area contributed by atoms with Crippen LogP contribution in [0.25, 0.3) is 11.1 Å². The van der Waals surface area contributed by atoms with Crippen LogP contribution in [0.4, 0.5) is 24.5 Å². The quantitative estimate of drug-likeness (QED) is 0.500. The van der Waals surface area contributed by atoms with Crippen LogP contribution in [0.1, 0.15) is 10.4 Å². The van der Waals surface area contributed by atoms with Crippen molar-refractivity contribution in [3.63, 3.8) is 0 Å². The van der Waals surface area contributed by atoms with Crippen LogP contribution in [0, 0.1) is 10.1 Å². The van der Waals surface area contributed by atoms with E-state index in [1.165, 1.54) is 25.2 Å². The molecule has 2 aromatic rings. The highest BCUT2D eigenvalue weighted by Gasteiger charge is 2.50. The summed E-state index contributed by atoms with van der Waals surface area (Å²) in [6.07, 6.45) is -3.71. The van der Waals surface area contributed by atoms with Crippen LogP contribution >= 0.6 is 23.2 Å². The van der Waals surface area contributed by atoms with E-state index in [4.69, 9.17) is 23.2 Å². The molecule has 164 valence electrons. The van der Waals surface area contributed by atoms with Crippen molar-refractivity contribution in [3.05, 3.63) is 68.3 Å². The molecular weight excluding hydrogens is 460 g/mol. The number of benzene rings is 2. The van der Waals surface area contributed by atoms with Gasteiger partial charge in [0.2, 0.25) is 0 Å². The van der Waals surface area contributed by atoms with Gasteiger partial charge in [-0.1, -0.05) is 41.4 Å². The van der Waals surface area contributed by atoms with Gasteiger partial charge in [0, 0.05) is 37.5 Å². The van der Waals surface area contributed by atoms with Crippen molar-refractivity contribution < 1.29 is 22.9 Å². The fourth-order valence-corrected chi connectivity index (χ4v) is 4.00. The second-order valence-corrected chi connectivity index (χ2v) is 7.39. The van der Waals surface area contributed by atoms with Crippen molar-refractivity contribution in [2.75, 3.05) is 19.1 Å². The lowest BCUT2D eigenvalue weighted by atomic mass is 9.95. The second-order valence-electron chi connectivity index (χ2n) is 6.55. The molecule has 1 heterocycles. The Labute approximate surface area is 184 Å². The van der Waals surface area contributed by atoms with E-state index in [2.05, 4.69) is 5.32 Å². The van der Waals surface area contributed by atoms with Crippen LogP contribution < -0.4 is 10.3 Å². The number of nitrogens with one attached hydrogen (secondary N) is 1. The zero-order valence-corrected chi connectivity index (χ0v) is 17.6. The normalized spacial score (nSPS) is 16.9. The molecule has 0 fully saturated rings. The van der Waals surface area contributed by atoms with Crippen molar-refractivity contribution in [2.45, 2.75) is 12.2 Å². The van der Waals surface area contributed by atoms with Crippen molar-refractivity contribution >= 4 is 40.5 Å². The molecule has 1 aliphatic rings. The highest BCUT2D eigenvalue weighted by molar-refractivity contribution is 6.35. The molecule has 0 aliphatic carbocycles. The predicted molar refractivity (Wildman–Crippen MR) is 111 cm³/mol. The minimum Gasteiger partial charge on any atom is -0.355 e. The van der Waals surface area contributed by atoms with Crippen LogP contribution in [-0.2, 0) is 0 Å². The topological polar surface area (TPSA) is 78.7 Å². The standard InChI is InChI=1S/C19H15Cl2F3N4O3/c1-25-18(29)11-6-4-3-5-10(11)15-14(28(30)31)8-7-12(20)16(15)27-9-13(21)17(26(27)2)19(22,23)24/h3-9,17H,1-2H3,(H,25,29). The maximum absolute atomic E-state index is 13.5. The molecule has 1 N–H and O–H groups in total. The number of halogens is 5. The summed E-state index contributed by atoms with van der Waals surface area (Å²) < 4.78 is 40.5. The fraction of sp³-hybridized carbons (Fsp3) is 0.211. The van der Waals surface area contributed by atoms with Crippen LogP contribution in [0.15, 0.2) is 47.6 Å². The number of anilines is 1. The molecule has 0 saturated carbocycles. The molecule has 7 nitrogen and oxygen atoms in total. The first-order valence-corrected chi connectivity index (χ1v) is 9.48. The minimum atomic E-state index is -4.70. The molecule has 0 radical (unpaired) electrons. The van der Waals surface area contributed by atoms with Gasteiger partial charge in [-0.3, -0.25) is 19.9 Å². The van der Waals surface area contributed by atoms with E-state index in [0.29, 0.717) is 0 Å². The zero-order chi connectivity index (χ0) is 23.1. The number of alkyl halides is 3.